The summed E-state index contributed by atoms with van der Waals surface area (Å²) in [6, 6.07) is 10.9. The molecule has 10 nitrogen and oxygen atoms in total. The van der Waals surface area contributed by atoms with Crippen molar-refractivity contribution in [1.82, 2.24) is 10.2 Å². The molecule has 0 aliphatic heterocycles. The second-order valence-corrected chi connectivity index (χ2v) is 10.9. The highest BCUT2D eigenvalue weighted by Crippen LogP contribution is 2.34. The van der Waals surface area contributed by atoms with Crippen LogP contribution in [-0.2, 0) is 26.2 Å². The number of nitrogens with one attached hydrogen (secondary N) is 1. The van der Waals surface area contributed by atoms with Gasteiger partial charge in [-0.3, -0.25) is 13.9 Å². The van der Waals surface area contributed by atoms with Gasteiger partial charge in [0.2, 0.25) is 21.8 Å². The molecule has 204 valence electrons. The van der Waals surface area contributed by atoms with Crippen molar-refractivity contribution in [3.8, 4) is 17.2 Å². The van der Waals surface area contributed by atoms with Crippen LogP contribution in [0.25, 0.3) is 0 Å². The van der Waals surface area contributed by atoms with Crippen molar-refractivity contribution < 1.29 is 32.2 Å². The van der Waals surface area contributed by atoms with E-state index in [1.165, 1.54) is 32.3 Å². The number of nitrogens with zero attached hydrogens (tertiary/aromatic N) is 2. The first-order valence-corrected chi connectivity index (χ1v) is 13.7. The highest BCUT2D eigenvalue weighted by Gasteiger charge is 2.31. The molecule has 1 unspecified atom stereocenters. The number of rotatable bonds is 13. The number of anilines is 1. The van der Waals surface area contributed by atoms with E-state index in [2.05, 4.69) is 5.32 Å². The summed E-state index contributed by atoms with van der Waals surface area (Å²) in [5.41, 5.74) is 0.872. The van der Waals surface area contributed by atoms with Crippen LogP contribution in [0.2, 0.25) is 0 Å². The molecule has 2 aromatic rings. The third kappa shape index (κ3) is 8.28. The molecule has 0 saturated carbocycles. The summed E-state index contributed by atoms with van der Waals surface area (Å²) in [6.07, 6.45) is 1.00. The van der Waals surface area contributed by atoms with Crippen LogP contribution in [0.4, 0.5) is 5.69 Å². The van der Waals surface area contributed by atoms with Crippen LogP contribution in [-0.4, -0.2) is 71.8 Å². The van der Waals surface area contributed by atoms with Crippen LogP contribution in [0.1, 0.15) is 26.3 Å². The van der Waals surface area contributed by atoms with Crippen LogP contribution in [0.3, 0.4) is 0 Å². The summed E-state index contributed by atoms with van der Waals surface area (Å²) < 4.78 is 42.5. The van der Waals surface area contributed by atoms with Gasteiger partial charge in [-0.15, -0.1) is 0 Å². The number of methoxy groups -OCH3 is 3. The molecular weight excluding hydrogens is 498 g/mol. The lowest BCUT2D eigenvalue weighted by Crippen LogP contribution is -2.51. The Bertz CT molecular complexity index is 1180. The van der Waals surface area contributed by atoms with Crippen LogP contribution in [0.15, 0.2) is 42.5 Å². The van der Waals surface area contributed by atoms with E-state index >= 15 is 0 Å². The Kier molecular flexibility index (Phi) is 10.6. The number of hydrogen-bond donors (Lipinski definition) is 1. The lowest BCUT2D eigenvalue weighted by atomic mass is 10.1. The van der Waals surface area contributed by atoms with Crippen molar-refractivity contribution in [1.29, 1.82) is 0 Å². The minimum absolute atomic E-state index is 0.0686. The van der Waals surface area contributed by atoms with Crippen molar-refractivity contribution in [2.45, 2.75) is 33.4 Å². The number of carbonyl (C=O) groups excluding carboxylic acids is 2. The second-order valence-electron chi connectivity index (χ2n) is 9.00. The van der Waals surface area contributed by atoms with Gasteiger partial charge in [0.1, 0.15) is 29.8 Å². The summed E-state index contributed by atoms with van der Waals surface area (Å²) in [5, 5.41) is 2.85. The molecule has 0 aromatic heterocycles. The zero-order valence-electron chi connectivity index (χ0n) is 22.5. The Morgan fingerprint density at radius 2 is 1.59 bits per heavy atom. The standard InChI is InChI=1S/C26H37N3O7S/c1-18(2)15-27-26(31)19(3)28(16-20-9-8-10-21(13-20)34-4)25(30)17-29(37(7,32)33)23-14-22(35-5)11-12-24(23)36-6/h8-14,18-19H,15-17H2,1-7H3,(H,27,31). The fraction of sp³-hybridized carbons (Fsp3) is 0.462. The zero-order valence-corrected chi connectivity index (χ0v) is 23.3. The number of ether oxygens (including phenoxy) is 3. The zero-order chi connectivity index (χ0) is 27.8. The molecule has 2 rings (SSSR count). The fourth-order valence-corrected chi connectivity index (χ4v) is 4.43. The Labute approximate surface area is 219 Å². The van der Waals surface area contributed by atoms with Gasteiger partial charge in [0.15, 0.2) is 0 Å². The molecule has 0 saturated heterocycles. The van der Waals surface area contributed by atoms with Gasteiger partial charge >= 0.3 is 0 Å². The van der Waals surface area contributed by atoms with Crippen molar-refractivity contribution in [2.24, 2.45) is 5.92 Å². The SMILES string of the molecule is COc1cccc(CN(C(=O)CN(c2cc(OC)ccc2OC)S(C)(=O)=O)C(C)C(=O)NCC(C)C)c1. The first-order valence-electron chi connectivity index (χ1n) is 11.8. The molecule has 0 spiro atoms. The lowest BCUT2D eigenvalue weighted by molar-refractivity contribution is -0.139. The molecule has 0 radical (unpaired) electrons. The van der Waals surface area contributed by atoms with E-state index in [4.69, 9.17) is 14.2 Å². The number of benzene rings is 2. The van der Waals surface area contributed by atoms with E-state index in [0.717, 1.165) is 16.1 Å². The minimum Gasteiger partial charge on any atom is -0.497 e. The van der Waals surface area contributed by atoms with Gasteiger partial charge in [-0.05, 0) is 42.7 Å². The Morgan fingerprint density at radius 1 is 0.946 bits per heavy atom. The van der Waals surface area contributed by atoms with Crippen molar-refractivity contribution in [2.75, 3.05) is 45.0 Å². The molecule has 2 aromatic carbocycles. The quantitative estimate of drug-likeness (QED) is 0.419. The minimum atomic E-state index is -3.93. The number of carbonyl (C=O) groups is 2. The summed E-state index contributed by atoms with van der Waals surface area (Å²) in [5.74, 6) is 0.563. The van der Waals surface area contributed by atoms with Crippen LogP contribution >= 0.6 is 0 Å². The molecule has 1 N–H and O–H groups in total. The maximum atomic E-state index is 13.7. The maximum Gasteiger partial charge on any atom is 0.244 e. The summed E-state index contributed by atoms with van der Waals surface area (Å²) in [7, 11) is 0.472. The van der Waals surface area contributed by atoms with Crippen molar-refractivity contribution in [3.05, 3.63) is 48.0 Å². The van der Waals surface area contributed by atoms with E-state index in [0.29, 0.717) is 18.0 Å². The molecule has 37 heavy (non-hydrogen) atoms. The predicted octanol–water partition coefficient (Wildman–Crippen LogP) is 2.67. The highest BCUT2D eigenvalue weighted by molar-refractivity contribution is 7.92. The Hall–Kier alpha value is -3.47. The number of hydrogen-bond acceptors (Lipinski definition) is 7. The molecule has 1 atom stereocenters. The predicted molar refractivity (Wildman–Crippen MR) is 143 cm³/mol. The molecular formula is C26H37N3O7S. The smallest absolute Gasteiger partial charge is 0.244 e. The first-order chi connectivity index (χ1) is 17.4. The van der Waals surface area contributed by atoms with Crippen LogP contribution < -0.4 is 23.8 Å². The van der Waals surface area contributed by atoms with E-state index in [9.17, 15) is 18.0 Å². The number of sulfonamides is 1. The van der Waals surface area contributed by atoms with Gasteiger partial charge in [0.05, 0.1) is 33.3 Å². The third-order valence-electron chi connectivity index (χ3n) is 5.67. The molecule has 0 aliphatic carbocycles. The van der Waals surface area contributed by atoms with Gasteiger partial charge in [0.25, 0.3) is 0 Å². The summed E-state index contributed by atoms with van der Waals surface area (Å²) in [4.78, 5) is 28.0. The number of amides is 2. The van der Waals surface area contributed by atoms with Crippen molar-refractivity contribution >= 4 is 27.5 Å². The molecule has 2 amide bonds. The average molecular weight is 536 g/mol. The van der Waals surface area contributed by atoms with Gasteiger partial charge in [-0.2, -0.15) is 0 Å². The Balaban J connectivity index is 2.47. The van der Waals surface area contributed by atoms with Gasteiger partial charge in [0, 0.05) is 19.2 Å². The van der Waals surface area contributed by atoms with Gasteiger partial charge in [-0.1, -0.05) is 26.0 Å². The van der Waals surface area contributed by atoms with E-state index < -0.39 is 28.5 Å². The van der Waals surface area contributed by atoms with E-state index in [1.54, 1.807) is 43.3 Å². The Morgan fingerprint density at radius 3 is 2.16 bits per heavy atom. The van der Waals surface area contributed by atoms with Crippen molar-refractivity contribution in [3.63, 3.8) is 0 Å². The molecule has 11 heteroatoms. The average Bonchev–Trinajstić information content (AvgIpc) is 2.87. The van der Waals surface area contributed by atoms with E-state index in [-0.39, 0.29) is 29.8 Å². The molecule has 0 bridgehead atoms. The molecule has 0 heterocycles. The first kappa shape index (κ1) is 29.8. The normalized spacial score (nSPS) is 12.0. The lowest BCUT2D eigenvalue weighted by Gasteiger charge is -2.32. The van der Waals surface area contributed by atoms with E-state index in [1.807, 2.05) is 13.8 Å². The third-order valence-corrected chi connectivity index (χ3v) is 6.80. The fourth-order valence-electron chi connectivity index (χ4n) is 3.59. The molecule has 0 fully saturated rings. The largest absolute Gasteiger partial charge is 0.497 e. The highest BCUT2D eigenvalue weighted by atomic mass is 32.2. The monoisotopic (exact) mass is 535 g/mol. The topological polar surface area (TPSA) is 114 Å². The van der Waals surface area contributed by atoms with Crippen LogP contribution in [0.5, 0.6) is 17.2 Å². The van der Waals surface area contributed by atoms with Gasteiger partial charge < -0.3 is 24.4 Å². The maximum absolute atomic E-state index is 13.7. The summed E-state index contributed by atoms with van der Waals surface area (Å²) >= 11 is 0. The molecule has 0 aliphatic rings. The van der Waals surface area contributed by atoms with Gasteiger partial charge in [-0.25, -0.2) is 8.42 Å². The summed E-state index contributed by atoms with van der Waals surface area (Å²) in [6.45, 7) is 5.52. The van der Waals surface area contributed by atoms with Crippen LogP contribution in [0, 0.1) is 5.92 Å². The second kappa shape index (κ2) is 13.2.